The molecule has 3 N–H and O–H groups in total. The number of aryl methyl sites for hydroxylation is 1. The van der Waals surface area contributed by atoms with E-state index in [1.165, 1.54) is 0 Å². The first kappa shape index (κ1) is 12.3. The Morgan fingerprint density at radius 1 is 1.69 bits per heavy atom. The van der Waals surface area contributed by atoms with E-state index in [-0.39, 0.29) is 18.2 Å². The lowest BCUT2D eigenvalue weighted by Gasteiger charge is -2.09. The molecule has 16 heavy (non-hydrogen) atoms. The van der Waals surface area contributed by atoms with Crippen molar-refractivity contribution in [3.05, 3.63) is 17.8 Å². The molecule has 0 aromatic carbocycles. The molecule has 88 valence electrons. The molecule has 1 aromatic heterocycles. The summed E-state index contributed by atoms with van der Waals surface area (Å²) in [5, 5.41) is 8.50. The molecule has 0 aliphatic rings. The maximum Gasteiger partial charge on any atom is 0.324 e. The highest BCUT2D eigenvalue weighted by Crippen LogP contribution is 2.15. The van der Waals surface area contributed by atoms with E-state index < -0.39 is 17.8 Å². The Labute approximate surface area is 91.3 Å². The minimum atomic E-state index is -1.22. The van der Waals surface area contributed by atoms with Crippen LogP contribution in [0.2, 0.25) is 0 Å². The second-order valence-electron chi connectivity index (χ2n) is 3.05. The second kappa shape index (κ2) is 5.36. The maximum atomic E-state index is 13.5. The summed E-state index contributed by atoms with van der Waals surface area (Å²) in [5.74, 6) is -2.17. The van der Waals surface area contributed by atoms with Gasteiger partial charge in [0.2, 0.25) is 5.82 Å². The van der Waals surface area contributed by atoms with Gasteiger partial charge in [-0.15, -0.1) is 0 Å². The van der Waals surface area contributed by atoms with Crippen LogP contribution in [0, 0.1) is 5.82 Å². The number of nitrogens with two attached hydrogens (primary N) is 1. The number of rotatable bonds is 5. The molecule has 0 bridgehead atoms. The zero-order valence-corrected chi connectivity index (χ0v) is 8.68. The zero-order valence-electron chi connectivity index (χ0n) is 8.68. The fourth-order valence-corrected chi connectivity index (χ4v) is 0.975. The largest absolute Gasteiger partial charge is 0.480 e. The highest BCUT2D eigenvalue weighted by Gasteiger charge is 2.16. The minimum absolute atomic E-state index is 0.217. The molecule has 7 heteroatoms. The first-order valence-electron chi connectivity index (χ1n) is 4.66. The number of aromatic nitrogens is 2. The summed E-state index contributed by atoms with van der Waals surface area (Å²) >= 11 is 0. The number of hydrogen-bond donors (Lipinski definition) is 2. The predicted molar refractivity (Wildman–Crippen MR) is 52.5 cm³/mol. The number of nitrogens with zero attached hydrogens (tertiary/aromatic N) is 2. The molecule has 0 saturated carbocycles. The van der Waals surface area contributed by atoms with Crippen LogP contribution in [0.1, 0.15) is 12.6 Å². The molecule has 1 heterocycles. The molecule has 0 amide bonds. The molecular formula is C9H12FN3O3. The highest BCUT2D eigenvalue weighted by atomic mass is 19.1. The standard InChI is InChI=1S/C9H12FN3O3/c1-2-6-7(10)8(13-4-12-6)16-3-5(11)9(14)15/h4-5H,2-3,11H2,1H3,(H,14,15). The topological polar surface area (TPSA) is 98.3 Å². The maximum absolute atomic E-state index is 13.5. The summed E-state index contributed by atoms with van der Waals surface area (Å²) < 4.78 is 18.4. The minimum Gasteiger partial charge on any atom is -0.480 e. The van der Waals surface area contributed by atoms with E-state index in [1.54, 1.807) is 6.92 Å². The van der Waals surface area contributed by atoms with Crippen LogP contribution in [0.25, 0.3) is 0 Å². The van der Waals surface area contributed by atoms with Crippen LogP contribution in [-0.2, 0) is 11.2 Å². The lowest BCUT2D eigenvalue weighted by Crippen LogP contribution is -2.36. The van der Waals surface area contributed by atoms with Crippen LogP contribution in [-0.4, -0.2) is 33.7 Å². The lowest BCUT2D eigenvalue weighted by molar-refractivity contribution is -0.139. The Morgan fingerprint density at radius 2 is 2.38 bits per heavy atom. The summed E-state index contributed by atoms with van der Waals surface area (Å²) in [6.07, 6.45) is 1.55. The van der Waals surface area contributed by atoms with Crippen LogP contribution in [0.4, 0.5) is 4.39 Å². The van der Waals surface area contributed by atoms with Crippen LogP contribution >= 0.6 is 0 Å². The molecule has 1 atom stereocenters. The van der Waals surface area contributed by atoms with Gasteiger partial charge in [-0.2, -0.15) is 9.37 Å². The summed E-state index contributed by atoms with van der Waals surface area (Å²) in [6, 6.07) is -1.21. The van der Waals surface area contributed by atoms with Crippen LogP contribution < -0.4 is 10.5 Å². The van der Waals surface area contributed by atoms with E-state index in [2.05, 4.69) is 9.97 Å². The van der Waals surface area contributed by atoms with Gasteiger partial charge >= 0.3 is 5.97 Å². The zero-order chi connectivity index (χ0) is 12.1. The Kier molecular flexibility index (Phi) is 4.12. The molecule has 1 aromatic rings. The molecule has 0 spiro atoms. The summed E-state index contributed by atoms with van der Waals surface area (Å²) in [6.45, 7) is 1.39. The van der Waals surface area contributed by atoms with Crippen molar-refractivity contribution in [2.24, 2.45) is 5.73 Å². The molecule has 1 unspecified atom stereocenters. The third kappa shape index (κ3) is 2.86. The third-order valence-corrected chi connectivity index (χ3v) is 1.88. The van der Waals surface area contributed by atoms with Crippen molar-refractivity contribution in [2.75, 3.05) is 6.61 Å². The Bertz CT molecular complexity index is 386. The van der Waals surface area contributed by atoms with E-state index >= 15 is 0 Å². The monoisotopic (exact) mass is 229 g/mol. The van der Waals surface area contributed by atoms with E-state index in [1.807, 2.05) is 0 Å². The van der Waals surface area contributed by atoms with Gasteiger partial charge in [-0.1, -0.05) is 6.92 Å². The van der Waals surface area contributed by atoms with Crippen molar-refractivity contribution in [1.82, 2.24) is 9.97 Å². The molecule has 1 rings (SSSR count). The van der Waals surface area contributed by atoms with Gasteiger partial charge in [0, 0.05) is 0 Å². The average molecular weight is 229 g/mol. The van der Waals surface area contributed by atoms with Crippen LogP contribution in [0.5, 0.6) is 5.88 Å². The molecule has 0 radical (unpaired) electrons. The predicted octanol–water partition coefficient (Wildman–Crippen LogP) is -0.0312. The normalized spacial score (nSPS) is 12.2. The van der Waals surface area contributed by atoms with Gasteiger partial charge in [-0.05, 0) is 6.42 Å². The van der Waals surface area contributed by atoms with Gasteiger partial charge in [-0.25, -0.2) is 4.98 Å². The van der Waals surface area contributed by atoms with Gasteiger partial charge in [0.15, 0.2) is 0 Å². The van der Waals surface area contributed by atoms with Crippen molar-refractivity contribution in [2.45, 2.75) is 19.4 Å². The Morgan fingerprint density at radius 3 is 2.94 bits per heavy atom. The SMILES string of the molecule is CCc1ncnc(OCC(N)C(=O)O)c1F. The van der Waals surface area contributed by atoms with Gasteiger partial charge in [0.1, 0.15) is 19.0 Å². The van der Waals surface area contributed by atoms with Crippen molar-refractivity contribution in [1.29, 1.82) is 0 Å². The number of hydrogen-bond acceptors (Lipinski definition) is 5. The van der Waals surface area contributed by atoms with Crippen molar-refractivity contribution >= 4 is 5.97 Å². The van der Waals surface area contributed by atoms with E-state index in [0.717, 1.165) is 6.33 Å². The quantitative estimate of drug-likeness (QED) is 0.735. The van der Waals surface area contributed by atoms with Gasteiger partial charge in [0.25, 0.3) is 5.88 Å². The summed E-state index contributed by atoms with van der Waals surface area (Å²) in [7, 11) is 0. The third-order valence-electron chi connectivity index (χ3n) is 1.88. The van der Waals surface area contributed by atoms with E-state index in [4.69, 9.17) is 15.6 Å². The molecule has 0 aliphatic heterocycles. The number of carboxylic acid groups (broad SMARTS) is 1. The first-order chi connectivity index (χ1) is 7.56. The first-order valence-corrected chi connectivity index (χ1v) is 4.66. The van der Waals surface area contributed by atoms with Crippen molar-refractivity contribution < 1.29 is 19.0 Å². The van der Waals surface area contributed by atoms with E-state index in [0.29, 0.717) is 6.42 Å². The highest BCUT2D eigenvalue weighted by molar-refractivity contribution is 5.73. The van der Waals surface area contributed by atoms with Gasteiger partial charge in [-0.3, -0.25) is 4.79 Å². The Hall–Kier alpha value is -1.76. The van der Waals surface area contributed by atoms with Crippen LogP contribution in [0.15, 0.2) is 6.33 Å². The molecule has 6 nitrogen and oxygen atoms in total. The number of carbonyl (C=O) groups is 1. The fraction of sp³-hybridized carbons (Fsp3) is 0.444. The Balaban J connectivity index is 2.71. The number of aliphatic carboxylic acids is 1. The number of halogens is 1. The summed E-state index contributed by atoms with van der Waals surface area (Å²) in [4.78, 5) is 17.7. The van der Waals surface area contributed by atoms with Crippen molar-refractivity contribution in [3.63, 3.8) is 0 Å². The molecule has 0 aliphatic carbocycles. The number of carboxylic acids is 1. The fourth-order valence-electron chi connectivity index (χ4n) is 0.975. The molecule has 0 saturated heterocycles. The summed E-state index contributed by atoms with van der Waals surface area (Å²) in [5.41, 5.74) is 5.41. The van der Waals surface area contributed by atoms with Gasteiger partial charge in [0.05, 0.1) is 5.69 Å². The number of ether oxygens (including phenoxy) is 1. The van der Waals surface area contributed by atoms with Gasteiger partial charge < -0.3 is 15.6 Å². The lowest BCUT2D eigenvalue weighted by atomic mass is 10.3. The second-order valence-corrected chi connectivity index (χ2v) is 3.05. The van der Waals surface area contributed by atoms with Crippen LogP contribution in [0.3, 0.4) is 0 Å². The van der Waals surface area contributed by atoms with Crippen molar-refractivity contribution in [3.8, 4) is 5.88 Å². The average Bonchev–Trinajstić information content (AvgIpc) is 2.27. The van der Waals surface area contributed by atoms with E-state index in [9.17, 15) is 9.18 Å². The molecule has 0 fully saturated rings. The smallest absolute Gasteiger partial charge is 0.324 e. The molecular weight excluding hydrogens is 217 g/mol.